The summed E-state index contributed by atoms with van der Waals surface area (Å²) in [6, 6.07) is 20.2. The molecule has 1 atom stereocenters. The Labute approximate surface area is 235 Å². The number of nitrogens with zero attached hydrogens (tertiary/aromatic N) is 3. The SMILES string of the molecule is COc1ccc(CCN2C(=S)N(c3ccc(N(C)C)cc3)C(=O)[C@H]2CC(=O)Nc2ccc(C)cc2)cc1OC. The van der Waals surface area contributed by atoms with Gasteiger partial charge in [-0.3, -0.25) is 14.5 Å². The third-order valence-corrected chi connectivity index (χ3v) is 7.16. The molecule has 0 radical (unpaired) electrons. The van der Waals surface area contributed by atoms with E-state index < -0.39 is 6.04 Å². The fraction of sp³-hybridized carbons (Fsp3) is 0.300. The van der Waals surface area contributed by atoms with Crippen LogP contribution in [0.4, 0.5) is 17.1 Å². The average molecular weight is 547 g/mol. The summed E-state index contributed by atoms with van der Waals surface area (Å²) in [5, 5.41) is 3.29. The van der Waals surface area contributed by atoms with Crippen molar-refractivity contribution in [3.63, 3.8) is 0 Å². The third-order valence-electron chi connectivity index (χ3n) is 6.75. The topological polar surface area (TPSA) is 74.4 Å². The van der Waals surface area contributed by atoms with Gasteiger partial charge in [0.1, 0.15) is 6.04 Å². The van der Waals surface area contributed by atoms with Crippen LogP contribution in [0.2, 0.25) is 0 Å². The second-order valence-corrected chi connectivity index (χ2v) is 10.00. The van der Waals surface area contributed by atoms with Crippen LogP contribution in [0.15, 0.2) is 66.7 Å². The first-order valence-electron chi connectivity index (χ1n) is 12.7. The highest BCUT2D eigenvalue weighted by Crippen LogP contribution is 2.31. The third kappa shape index (κ3) is 6.31. The van der Waals surface area contributed by atoms with Gasteiger partial charge in [0, 0.05) is 32.0 Å². The molecule has 8 nitrogen and oxygen atoms in total. The second-order valence-electron chi connectivity index (χ2n) is 9.63. The maximum atomic E-state index is 13.7. The molecule has 0 bridgehead atoms. The quantitative estimate of drug-likeness (QED) is 0.371. The molecule has 3 aromatic rings. The van der Waals surface area contributed by atoms with E-state index in [2.05, 4.69) is 5.32 Å². The lowest BCUT2D eigenvalue weighted by molar-refractivity contribution is -0.124. The van der Waals surface area contributed by atoms with Gasteiger partial charge in [-0.1, -0.05) is 23.8 Å². The molecule has 0 aliphatic carbocycles. The first kappa shape index (κ1) is 27.9. The molecular weight excluding hydrogens is 512 g/mol. The molecule has 3 aromatic carbocycles. The predicted octanol–water partition coefficient (Wildman–Crippen LogP) is 4.65. The Balaban J connectivity index is 1.57. The number of hydrogen-bond donors (Lipinski definition) is 1. The smallest absolute Gasteiger partial charge is 0.256 e. The molecule has 9 heteroatoms. The van der Waals surface area contributed by atoms with Gasteiger partial charge in [0.15, 0.2) is 16.6 Å². The molecule has 2 amide bonds. The number of carbonyl (C=O) groups is 2. The summed E-state index contributed by atoms with van der Waals surface area (Å²) in [4.78, 5) is 32.2. The van der Waals surface area contributed by atoms with Gasteiger partial charge in [0.2, 0.25) is 5.91 Å². The van der Waals surface area contributed by atoms with Crippen LogP contribution in [0.25, 0.3) is 0 Å². The fourth-order valence-electron chi connectivity index (χ4n) is 4.54. The van der Waals surface area contributed by atoms with Gasteiger partial charge in [0.05, 0.1) is 26.3 Å². The molecule has 1 heterocycles. The zero-order valence-electron chi connectivity index (χ0n) is 22.9. The molecule has 0 unspecified atom stereocenters. The van der Waals surface area contributed by atoms with E-state index in [1.807, 2.05) is 97.5 Å². The number of amides is 2. The van der Waals surface area contributed by atoms with E-state index >= 15 is 0 Å². The zero-order valence-corrected chi connectivity index (χ0v) is 23.7. The standard InChI is InChI=1S/C30H34N4O4S/c1-20-6-9-22(10-7-20)31-28(35)19-25-29(36)34(24-13-11-23(12-14-24)32(2)3)30(39)33(25)17-16-21-8-15-26(37-4)27(18-21)38-5/h6-15,18,25H,16-17,19H2,1-5H3,(H,31,35)/t25-/m1/s1. The Morgan fingerprint density at radius 1 is 0.974 bits per heavy atom. The molecule has 1 N–H and O–H groups in total. The minimum atomic E-state index is -0.725. The number of rotatable bonds is 10. The summed E-state index contributed by atoms with van der Waals surface area (Å²) < 4.78 is 10.8. The van der Waals surface area contributed by atoms with Gasteiger partial charge < -0.3 is 24.6 Å². The molecule has 0 spiro atoms. The van der Waals surface area contributed by atoms with E-state index in [1.54, 1.807) is 14.2 Å². The molecule has 4 rings (SSSR count). The number of aryl methyl sites for hydroxylation is 1. The largest absolute Gasteiger partial charge is 0.493 e. The van der Waals surface area contributed by atoms with Crippen LogP contribution in [-0.4, -0.2) is 62.7 Å². The van der Waals surface area contributed by atoms with Gasteiger partial charge in [-0.15, -0.1) is 0 Å². The van der Waals surface area contributed by atoms with Gasteiger partial charge in [-0.2, -0.15) is 0 Å². The van der Waals surface area contributed by atoms with Gasteiger partial charge in [0.25, 0.3) is 5.91 Å². The highest BCUT2D eigenvalue weighted by atomic mass is 32.1. The fourth-order valence-corrected chi connectivity index (χ4v) is 4.95. The van der Waals surface area contributed by atoms with Gasteiger partial charge >= 0.3 is 0 Å². The summed E-state index contributed by atoms with van der Waals surface area (Å²) in [6.45, 7) is 2.44. The number of thiocarbonyl (C=S) groups is 1. The minimum Gasteiger partial charge on any atom is -0.493 e. The number of hydrogen-bond acceptors (Lipinski definition) is 6. The number of ether oxygens (including phenoxy) is 2. The summed E-state index contributed by atoms with van der Waals surface area (Å²) in [5.41, 5.74) is 4.47. The number of nitrogens with one attached hydrogen (secondary N) is 1. The highest BCUT2D eigenvalue weighted by Gasteiger charge is 2.44. The van der Waals surface area contributed by atoms with Crippen molar-refractivity contribution in [2.24, 2.45) is 0 Å². The van der Waals surface area contributed by atoms with Crippen LogP contribution in [0, 0.1) is 6.92 Å². The Hall–Kier alpha value is -4.11. The van der Waals surface area contributed by atoms with Crippen molar-refractivity contribution in [3.05, 3.63) is 77.9 Å². The van der Waals surface area contributed by atoms with Crippen molar-refractivity contribution in [3.8, 4) is 11.5 Å². The Bertz CT molecular complexity index is 1340. The molecular formula is C30H34N4O4S. The predicted molar refractivity (Wildman–Crippen MR) is 159 cm³/mol. The van der Waals surface area contributed by atoms with Gasteiger partial charge in [-0.05, 0) is 79.7 Å². The summed E-state index contributed by atoms with van der Waals surface area (Å²) in [5.74, 6) is 0.808. The lowest BCUT2D eigenvalue weighted by atomic mass is 10.1. The molecule has 1 aliphatic heterocycles. The Kier molecular flexibility index (Phi) is 8.71. The molecule has 204 valence electrons. The van der Waals surface area contributed by atoms with Crippen LogP contribution in [-0.2, 0) is 16.0 Å². The molecule has 1 saturated heterocycles. The van der Waals surface area contributed by atoms with Crippen molar-refractivity contribution in [2.75, 3.05) is 50.0 Å². The monoisotopic (exact) mass is 546 g/mol. The summed E-state index contributed by atoms with van der Waals surface area (Å²) in [7, 11) is 7.11. The van der Waals surface area contributed by atoms with E-state index in [-0.39, 0.29) is 18.2 Å². The first-order chi connectivity index (χ1) is 18.7. The maximum Gasteiger partial charge on any atom is 0.256 e. The van der Waals surface area contributed by atoms with Crippen LogP contribution in [0.5, 0.6) is 11.5 Å². The van der Waals surface area contributed by atoms with E-state index in [0.717, 1.165) is 16.8 Å². The van der Waals surface area contributed by atoms with Crippen molar-refractivity contribution in [2.45, 2.75) is 25.8 Å². The molecule has 0 saturated carbocycles. The lowest BCUT2D eigenvalue weighted by Gasteiger charge is -2.24. The van der Waals surface area contributed by atoms with E-state index in [0.29, 0.717) is 41.0 Å². The van der Waals surface area contributed by atoms with Crippen LogP contribution < -0.4 is 24.6 Å². The highest BCUT2D eigenvalue weighted by molar-refractivity contribution is 7.80. The van der Waals surface area contributed by atoms with E-state index in [1.165, 1.54) is 4.90 Å². The molecule has 39 heavy (non-hydrogen) atoms. The molecule has 1 fully saturated rings. The van der Waals surface area contributed by atoms with Crippen molar-refractivity contribution >= 4 is 46.2 Å². The number of anilines is 3. The van der Waals surface area contributed by atoms with Gasteiger partial charge in [-0.25, -0.2) is 0 Å². The Morgan fingerprint density at radius 3 is 2.26 bits per heavy atom. The normalized spacial score (nSPS) is 14.9. The van der Waals surface area contributed by atoms with E-state index in [4.69, 9.17) is 21.7 Å². The maximum absolute atomic E-state index is 13.7. The summed E-state index contributed by atoms with van der Waals surface area (Å²) >= 11 is 5.83. The second kappa shape index (κ2) is 12.2. The summed E-state index contributed by atoms with van der Waals surface area (Å²) in [6.07, 6.45) is 0.572. The number of benzene rings is 3. The van der Waals surface area contributed by atoms with Crippen LogP contribution in [0.1, 0.15) is 17.5 Å². The number of methoxy groups -OCH3 is 2. The lowest BCUT2D eigenvalue weighted by Crippen LogP contribution is -2.39. The van der Waals surface area contributed by atoms with Crippen molar-refractivity contribution in [1.29, 1.82) is 0 Å². The minimum absolute atomic E-state index is 0.0228. The number of carbonyl (C=O) groups excluding carboxylic acids is 2. The van der Waals surface area contributed by atoms with Crippen molar-refractivity contribution < 1.29 is 19.1 Å². The first-order valence-corrected chi connectivity index (χ1v) is 13.1. The molecule has 0 aromatic heterocycles. The Morgan fingerprint density at radius 2 is 1.64 bits per heavy atom. The average Bonchev–Trinajstić information content (AvgIpc) is 3.16. The van der Waals surface area contributed by atoms with E-state index in [9.17, 15) is 9.59 Å². The van der Waals surface area contributed by atoms with Crippen LogP contribution >= 0.6 is 12.2 Å². The van der Waals surface area contributed by atoms with Crippen molar-refractivity contribution in [1.82, 2.24) is 4.90 Å². The van der Waals surface area contributed by atoms with Crippen LogP contribution in [0.3, 0.4) is 0 Å². The molecule has 1 aliphatic rings. The zero-order chi connectivity index (χ0) is 28.1.